The number of anilines is 1. The number of sulfonamides is 1. The van der Waals surface area contributed by atoms with Gasteiger partial charge in [-0.1, -0.05) is 31.5 Å². The van der Waals surface area contributed by atoms with Gasteiger partial charge >= 0.3 is 16.1 Å². The lowest BCUT2D eigenvalue weighted by molar-refractivity contribution is -0.141. The van der Waals surface area contributed by atoms with Crippen molar-refractivity contribution in [1.82, 2.24) is 19.6 Å². The predicted molar refractivity (Wildman–Crippen MR) is 166 cm³/mol. The molecule has 1 saturated heterocycles. The Hall–Kier alpha value is -3.35. The summed E-state index contributed by atoms with van der Waals surface area (Å²) >= 11 is 6.90. The first-order valence-electron chi connectivity index (χ1n) is 13.8. The zero-order chi connectivity index (χ0) is 33.2. The zero-order valence-electron chi connectivity index (χ0n) is 24.5. The van der Waals surface area contributed by atoms with Crippen LogP contribution in [0.15, 0.2) is 47.6 Å². The van der Waals surface area contributed by atoms with E-state index in [2.05, 4.69) is 15.0 Å². The van der Waals surface area contributed by atoms with Gasteiger partial charge in [0.1, 0.15) is 11.9 Å². The van der Waals surface area contributed by atoms with Crippen LogP contribution >= 0.6 is 22.9 Å². The van der Waals surface area contributed by atoms with Gasteiger partial charge in [-0.15, -0.1) is 11.3 Å². The van der Waals surface area contributed by atoms with Crippen LogP contribution in [0.4, 0.5) is 5.69 Å². The Morgan fingerprint density at radius 1 is 1.20 bits per heavy atom. The summed E-state index contributed by atoms with van der Waals surface area (Å²) in [6.07, 6.45) is 1.80. The van der Waals surface area contributed by atoms with E-state index in [1.54, 1.807) is 13.8 Å². The Balaban J connectivity index is 1.86. The molecule has 1 fully saturated rings. The third-order valence-electron chi connectivity index (χ3n) is 7.05. The molecule has 0 bridgehead atoms. The van der Waals surface area contributed by atoms with Crippen LogP contribution in [0.2, 0.25) is 4.34 Å². The molecule has 0 unspecified atom stereocenters. The zero-order valence-corrected chi connectivity index (χ0v) is 27.7. The van der Waals surface area contributed by atoms with E-state index in [1.165, 1.54) is 59.2 Å². The van der Waals surface area contributed by atoms with E-state index in [-0.39, 0.29) is 52.7 Å². The maximum atomic E-state index is 14.3. The second-order valence-corrected chi connectivity index (χ2v) is 15.2. The lowest BCUT2D eigenvalue weighted by Crippen LogP contribution is -2.60. The number of benzene rings is 1. The van der Waals surface area contributed by atoms with Gasteiger partial charge in [-0.25, -0.2) is 18.2 Å². The average molecular weight is 702 g/mol. The third kappa shape index (κ3) is 7.23. The SMILES string of the molecule is CCCS(=O)(=O)OC(=O)[C@](CNC(=O)c1ccc(Cl)s1)(NS(=O)(=O)c1cccc(N2CC[C@H](O)C2=O)c1CC)c1nccn1C. The minimum atomic E-state index is -4.78. The first-order valence-corrected chi connectivity index (χ1v) is 18.0. The molecule has 0 spiro atoms. The van der Waals surface area contributed by atoms with Gasteiger partial charge < -0.3 is 24.1 Å². The maximum absolute atomic E-state index is 14.3. The number of nitrogens with zero attached hydrogens (tertiary/aromatic N) is 3. The van der Waals surface area contributed by atoms with E-state index in [1.807, 2.05) is 0 Å². The number of hydrogen-bond donors (Lipinski definition) is 3. The highest BCUT2D eigenvalue weighted by Gasteiger charge is 2.51. The predicted octanol–water partition coefficient (Wildman–Crippen LogP) is 1.68. The smallest absolute Gasteiger partial charge is 0.352 e. The maximum Gasteiger partial charge on any atom is 0.352 e. The van der Waals surface area contributed by atoms with E-state index >= 15 is 0 Å². The van der Waals surface area contributed by atoms with Crippen molar-refractivity contribution in [3.8, 4) is 0 Å². The molecule has 0 radical (unpaired) electrons. The third-order valence-corrected chi connectivity index (χ3v) is 11.2. The number of hydrogen-bond acceptors (Lipinski definition) is 11. The van der Waals surface area contributed by atoms with Crippen LogP contribution in [0, 0.1) is 0 Å². The van der Waals surface area contributed by atoms with Crippen LogP contribution in [-0.2, 0) is 52.9 Å². The molecule has 1 aliphatic rings. The normalized spacial score (nSPS) is 16.9. The monoisotopic (exact) mass is 701 g/mol. The standard InChI is InChI=1S/C27H32ClN5O9S3/c1-4-15-44(38,39)42-26(37)27(25-29-12-14-32(25)3,16-30-23(35)20-9-10-22(28)43-20)31-45(40,41)21-8-6-7-18(17(21)5-2)33-13-11-19(34)24(33)36/h6-10,12,14,19,31,34H,4-5,11,13,15-16H2,1-3H3,(H,30,35)/t19-,27+/m0/s1. The van der Waals surface area contributed by atoms with Gasteiger partial charge in [0.15, 0.2) is 0 Å². The molecule has 3 heterocycles. The first kappa shape index (κ1) is 34.5. The summed E-state index contributed by atoms with van der Waals surface area (Å²) in [6.45, 7) is 2.56. The highest BCUT2D eigenvalue weighted by atomic mass is 35.5. The molecule has 244 valence electrons. The van der Waals surface area contributed by atoms with Crippen LogP contribution in [0.5, 0.6) is 0 Å². The van der Waals surface area contributed by atoms with Gasteiger partial charge in [-0.05, 0) is 42.7 Å². The van der Waals surface area contributed by atoms with Crippen molar-refractivity contribution in [2.24, 2.45) is 7.05 Å². The lowest BCUT2D eigenvalue weighted by atomic mass is 10.00. The van der Waals surface area contributed by atoms with Crippen LogP contribution in [0.25, 0.3) is 0 Å². The van der Waals surface area contributed by atoms with Crippen molar-refractivity contribution >= 4 is 66.6 Å². The largest absolute Gasteiger partial charge is 0.383 e. The highest BCUT2D eigenvalue weighted by molar-refractivity contribution is 7.89. The molecule has 0 aliphatic carbocycles. The lowest BCUT2D eigenvalue weighted by Gasteiger charge is -2.32. The summed E-state index contributed by atoms with van der Waals surface area (Å²) in [5.41, 5.74) is -2.15. The van der Waals surface area contributed by atoms with Crippen LogP contribution in [0.1, 0.15) is 47.7 Å². The molecule has 18 heteroatoms. The van der Waals surface area contributed by atoms with E-state index in [0.717, 1.165) is 11.3 Å². The number of carbonyl (C=O) groups is 3. The van der Waals surface area contributed by atoms with E-state index in [0.29, 0.717) is 4.34 Å². The molecule has 2 aromatic heterocycles. The number of rotatable bonds is 13. The number of nitrogens with one attached hydrogen (secondary N) is 2. The number of aliphatic hydroxyl groups is 1. The molecular formula is C27H32ClN5O9S3. The number of aliphatic hydroxyl groups excluding tert-OH is 1. The molecule has 2 amide bonds. The minimum absolute atomic E-state index is 0.100. The van der Waals surface area contributed by atoms with Crippen molar-refractivity contribution in [2.45, 2.75) is 49.6 Å². The van der Waals surface area contributed by atoms with Gasteiger partial charge in [0.2, 0.25) is 15.6 Å². The molecule has 3 N–H and O–H groups in total. The fourth-order valence-corrected chi connectivity index (χ4v) is 8.52. The molecule has 2 atom stereocenters. The molecule has 45 heavy (non-hydrogen) atoms. The van der Waals surface area contributed by atoms with E-state index in [4.69, 9.17) is 15.8 Å². The van der Waals surface area contributed by atoms with Crippen molar-refractivity contribution in [1.29, 1.82) is 0 Å². The quantitative estimate of drug-likeness (QED) is 0.221. The van der Waals surface area contributed by atoms with Gasteiger partial charge in [0, 0.05) is 38.1 Å². The molecule has 4 rings (SSSR count). The second-order valence-electron chi connectivity index (χ2n) is 10.2. The average Bonchev–Trinajstić information content (AvgIpc) is 3.70. The van der Waals surface area contributed by atoms with Gasteiger partial charge in [-0.3, -0.25) is 9.59 Å². The Morgan fingerprint density at radius 3 is 2.49 bits per heavy atom. The van der Waals surface area contributed by atoms with Crippen LogP contribution in [0.3, 0.4) is 0 Å². The molecule has 14 nitrogen and oxygen atoms in total. The topological polar surface area (TPSA) is 194 Å². The van der Waals surface area contributed by atoms with E-state index in [9.17, 15) is 36.3 Å². The number of aromatic nitrogens is 2. The van der Waals surface area contributed by atoms with Gasteiger partial charge in [-0.2, -0.15) is 13.1 Å². The number of aryl methyl sites for hydroxylation is 1. The summed E-state index contributed by atoms with van der Waals surface area (Å²) in [5, 5.41) is 12.5. The molecule has 1 aromatic carbocycles. The number of halogens is 1. The number of imidazole rings is 1. The van der Waals surface area contributed by atoms with Crippen molar-refractivity contribution in [3.05, 3.63) is 63.3 Å². The van der Waals surface area contributed by atoms with Gasteiger partial charge in [0.05, 0.1) is 26.4 Å². The Labute approximate surface area is 269 Å². The summed E-state index contributed by atoms with van der Waals surface area (Å²) in [4.78, 5) is 44.9. The highest BCUT2D eigenvalue weighted by Crippen LogP contribution is 2.33. The Bertz CT molecular complexity index is 1820. The Morgan fingerprint density at radius 2 is 1.93 bits per heavy atom. The van der Waals surface area contributed by atoms with Crippen LogP contribution in [-0.4, -0.2) is 74.2 Å². The first-order chi connectivity index (χ1) is 21.2. The summed E-state index contributed by atoms with van der Waals surface area (Å²) in [5.74, 6) is -3.68. The van der Waals surface area contributed by atoms with Crippen molar-refractivity contribution in [3.63, 3.8) is 0 Å². The molecule has 3 aromatic rings. The summed E-state index contributed by atoms with van der Waals surface area (Å²) in [6, 6.07) is 7.10. The fourth-order valence-electron chi connectivity index (χ4n) is 4.96. The second kappa shape index (κ2) is 13.6. The molecule has 1 aliphatic heterocycles. The number of amides is 2. The number of thiophene rings is 1. The Kier molecular flexibility index (Phi) is 10.4. The van der Waals surface area contributed by atoms with Crippen molar-refractivity contribution in [2.75, 3.05) is 23.7 Å². The summed E-state index contributed by atoms with van der Waals surface area (Å²) < 4.78 is 62.8. The number of carbonyl (C=O) groups excluding carboxylic acids is 3. The summed E-state index contributed by atoms with van der Waals surface area (Å²) in [7, 11) is -7.82. The molecular weight excluding hydrogens is 670 g/mol. The minimum Gasteiger partial charge on any atom is -0.383 e. The van der Waals surface area contributed by atoms with Crippen LogP contribution < -0.4 is 14.9 Å². The van der Waals surface area contributed by atoms with Gasteiger partial charge in [0.25, 0.3) is 11.8 Å². The fraction of sp³-hybridized carbons (Fsp3) is 0.407. The van der Waals surface area contributed by atoms with Crippen molar-refractivity contribution < 1.29 is 40.5 Å². The van der Waals surface area contributed by atoms with E-state index < -0.39 is 61.9 Å². The molecule has 0 saturated carbocycles.